The second kappa shape index (κ2) is 5.89. The summed E-state index contributed by atoms with van der Waals surface area (Å²) in [5.41, 5.74) is 1.07. The van der Waals surface area contributed by atoms with Crippen LogP contribution in [0.25, 0.3) is 11.3 Å². The molecule has 0 radical (unpaired) electrons. The Morgan fingerprint density at radius 1 is 1.22 bits per heavy atom. The zero-order valence-electron chi connectivity index (χ0n) is 9.75. The standard InChI is InChI=1S/C13H11Br2FN2/c1-2-4-12-17-10(7-11(15)18-12)8-5-3-6-9(14)13(8)16/h3,5-7H,2,4H2,1H3. The normalized spacial score (nSPS) is 10.7. The summed E-state index contributed by atoms with van der Waals surface area (Å²) in [6.07, 6.45) is 1.74. The van der Waals surface area contributed by atoms with Crippen LogP contribution in [-0.4, -0.2) is 9.97 Å². The Kier molecular flexibility index (Phi) is 4.45. The van der Waals surface area contributed by atoms with Crippen LogP contribution in [0.3, 0.4) is 0 Å². The molecule has 94 valence electrons. The molecule has 1 aromatic carbocycles. The molecule has 0 atom stereocenters. The summed E-state index contributed by atoms with van der Waals surface area (Å²) < 4.78 is 15.1. The molecule has 0 N–H and O–H groups in total. The highest BCUT2D eigenvalue weighted by atomic mass is 79.9. The van der Waals surface area contributed by atoms with Gasteiger partial charge in [0.15, 0.2) is 0 Å². The van der Waals surface area contributed by atoms with Gasteiger partial charge in [-0.05, 0) is 56.5 Å². The minimum Gasteiger partial charge on any atom is -0.233 e. The number of benzene rings is 1. The van der Waals surface area contributed by atoms with Gasteiger partial charge in [-0.15, -0.1) is 0 Å². The highest BCUT2D eigenvalue weighted by Crippen LogP contribution is 2.27. The maximum Gasteiger partial charge on any atom is 0.146 e. The van der Waals surface area contributed by atoms with Crippen molar-refractivity contribution < 1.29 is 4.39 Å². The second-order valence-corrected chi connectivity index (χ2v) is 5.51. The van der Waals surface area contributed by atoms with Gasteiger partial charge in [-0.25, -0.2) is 14.4 Å². The average molecular weight is 374 g/mol. The SMILES string of the molecule is CCCc1nc(Br)cc(-c2cccc(Br)c2F)n1. The number of aromatic nitrogens is 2. The Hall–Kier alpha value is -0.810. The van der Waals surface area contributed by atoms with E-state index in [1.165, 1.54) is 0 Å². The smallest absolute Gasteiger partial charge is 0.146 e. The number of rotatable bonds is 3. The molecule has 1 aromatic heterocycles. The maximum atomic E-state index is 14.0. The van der Waals surface area contributed by atoms with Crippen LogP contribution in [0.1, 0.15) is 19.2 Å². The van der Waals surface area contributed by atoms with E-state index >= 15 is 0 Å². The summed E-state index contributed by atoms with van der Waals surface area (Å²) in [6.45, 7) is 2.06. The summed E-state index contributed by atoms with van der Waals surface area (Å²) >= 11 is 6.52. The Bertz CT molecular complexity index is 573. The fraction of sp³-hybridized carbons (Fsp3) is 0.231. The summed E-state index contributed by atoms with van der Waals surface area (Å²) in [7, 11) is 0. The molecule has 0 amide bonds. The molecule has 0 fully saturated rings. The van der Waals surface area contributed by atoms with Crippen LogP contribution in [0, 0.1) is 5.82 Å². The van der Waals surface area contributed by atoms with Crippen molar-refractivity contribution in [2.75, 3.05) is 0 Å². The number of hydrogen-bond donors (Lipinski definition) is 0. The minimum atomic E-state index is -0.300. The molecule has 5 heteroatoms. The quantitative estimate of drug-likeness (QED) is 0.725. The molecule has 0 spiro atoms. The summed E-state index contributed by atoms with van der Waals surface area (Å²) in [6, 6.07) is 6.90. The van der Waals surface area contributed by atoms with Crippen LogP contribution >= 0.6 is 31.9 Å². The zero-order chi connectivity index (χ0) is 13.1. The first-order valence-corrected chi connectivity index (χ1v) is 7.18. The van der Waals surface area contributed by atoms with Crippen LogP contribution in [0.4, 0.5) is 4.39 Å². The van der Waals surface area contributed by atoms with Gasteiger partial charge in [-0.1, -0.05) is 13.0 Å². The Morgan fingerprint density at radius 3 is 2.72 bits per heavy atom. The van der Waals surface area contributed by atoms with Gasteiger partial charge in [0.05, 0.1) is 10.2 Å². The van der Waals surface area contributed by atoms with E-state index in [0.29, 0.717) is 20.3 Å². The van der Waals surface area contributed by atoms with E-state index in [1.54, 1.807) is 24.3 Å². The average Bonchev–Trinajstić information content (AvgIpc) is 2.32. The third-order valence-corrected chi connectivity index (χ3v) is 3.46. The van der Waals surface area contributed by atoms with E-state index in [-0.39, 0.29) is 5.82 Å². The van der Waals surface area contributed by atoms with Crippen molar-refractivity contribution in [2.45, 2.75) is 19.8 Å². The van der Waals surface area contributed by atoms with E-state index in [0.717, 1.165) is 18.7 Å². The predicted octanol–water partition coefficient (Wildman–Crippen LogP) is 4.76. The first-order chi connectivity index (χ1) is 8.61. The third-order valence-electron chi connectivity index (χ3n) is 2.44. The van der Waals surface area contributed by atoms with Crippen LogP contribution in [0.5, 0.6) is 0 Å². The Balaban J connectivity index is 2.53. The van der Waals surface area contributed by atoms with Crippen molar-refractivity contribution in [3.05, 3.63) is 45.0 Å². The first-order valence-electron chi connectivity index (χ1n) is 5.59. The molecule has 2 nitrogen and oxygen atoms in total. The van der Waals surface area contributed by atoms with Crippen LogP contribution < -0.4 is 0 Å². The molecule has 0 saturated heterocycles. The summed E-state index contributed by atoms with van der Waals surface area (Å²) in [4.78, 5) is 8.67. The number of nitrogens with zero attached hydrogens (tertiary/aromatic N) is 2. The monoisotopic (exact) mass is 372 g/mol. The molecular formula is C13H11Br2FN2. The highest BCUT2D eigenvalue weighted by Gasteiger charge is 2.11. The van der Waals surface area contributed by atoms with Crippen molar-refractivity contribution in [2.24, 2.45) is 0 Å². The molecule has 0 bridgehead atoms. The molecule has 0 saturated carbocycles. The minimum absolute atomic E-state index is 0.300. The lowest BCUT2D eigenvalue weighted by Gasteiger charge is -2.06. The van der Waals surface area contributed by atoms with E-state index < -0.39 is 0 Å². The second-order valence-electron chi connectivity index (χ2n) is 3.84. The van der Waals surface area contributed by atoms with Crippen LogP contribution in [0.15, 0.2) is 33.3 Å². The zero-order valence-corrected chi connectivity index (χ0v) is 12.9. The van der Waals surface area contributed by atoms with Crippen LogP contribution in [0.2, 0.25) is 0 Å². The van der Waals surface area contributed by atoms with Gasteiger partial charge in [-0.2, -0.15) is 0 Å². The number of aryl methyl sites for hydroxylation is 1. The molecule has 2 aromatic rings. The van der Waals surface area contributed by atoms with Crippen molar-refractivity contribution in [3.63, 3.8) is 0 Å². The predicted molar refractivity (Wildman–Crippen MR) is 76.8 cm³/mol. The lowest BCUT2D eigenvalue weighted by molar-refractivity contribution is 0.624. The number of halogens is 3. The van der Waals surface area contributed by atoms with Gasteiger partial charge in [0.1, 0.15) is 16.2 Å². The Labute approximate surface area is 122 Å². The largest absolute Gasteiger partial charge is 0.233 e. The van der Waals surface area contributed by atoms with Crippen molar-refractivity contribution in [3.8, 4) is 11.3 Å². The topological polar surface area (TPSA) is 25.8 Å². The first kappa shape index (κ1) is 13.6. The van der Waals surface area contributed by atoms with Gasteiger partial charge < -0.3 is 0 Å². The van der Waals surface area contributed by atoms with Crippen LogP contribution in [-0.2, 0) is 6.42 Å². The van der Waals surface area contributed by atoms with E-state index in [4.69, 9.17) is 0 Å². The highest BCUT2D eigenvalue weighted by molar-refractivity contribution is 9.10. The van der Waals surface area contributed by atoms with Gasteiger partial charge in [0.25, 0.3) is 0 Å². The maximum absolute atomic E-state index is 14.0. The third kappa shape index (κ3) is 2.95. The molecular weight excluding hydrogens is 363 g/mol. The van der Waals surface area contributed by atoms with E-state index in [9.17, 15) is 4.39 Å². The molecule has 18 heavy (non-hydrogen) atoms. The lowest BCUT2D eigenvalue weighted by atomic mass is 10.1. The number of hydrogen-bond acceptors (Lipinski definition) is 2. The van der Waals surface area contributed by atoms with Gasteiger partial charge in [0, 0.05) is 12.0 Å². The van der Waals surface area contributed by atoms with Crippen molar-refractivity contribution >= 4 is 31.9 Å². The molecule has 1 heterocycles. The van der Waals surface area contributed by atoms with Gasteiger partial charge in [0.2, 0.25) is 0 Å². The lowest BCUT2D eigenvalue weighted by Crippen LogP contribution is -1.98. The van der Waals surface area contributed by atoms with E-state index in [1.807, 2.05) is 0 Å². The fourth-order valence-electron chi connectivity index (χ4n) is 1.64. The van der Waals surface area contributed by atoms with E-state index in [2.05, 4.69) is 48.8 Å². The fourth-order valence-corrected chi connectivity index (χ4v) is 2.43. The molecule has 0 aliphatic rings. The van der Waals surface area contributed by atoms with Crippen molar-refractivity contribution in [1.82, 2.24) is 9.97 Å². The van der Waals surface area contributed by atoms with Gasteiger partial charge >= 0.3 is 0 Å². The molecule has 0 unspecified atom stereocenters. The summed E-state index contributed by atoms with van der Waals surface area (Å²) in [5, 5.41) is 0. The van der Waals surface area contributed by atoms with Crippen molar-refractivity contribution in [1.29, 1.82) is 0 Å². The summed E-state index contributed by atoms with van der Waals surface area (Å²) in [5.74, 6) is 0.423. The molecule has 0 aliphatic heterocycles. The van der Waals surface area contributed by atoms with Gasteiger partial charge in [-0.3, -0.25) is 0 Å². The molecule has 2 rings (SSSR count). The molecule has 0 aliphatic carbocycles. The Morgan fingerprint density at radius 2 is 2.00 bits per heavy atom.